The second-order valence-electron chi connectivity index (χ2n) is 5.04. The molecule has 23 heavy (non-hydrogen) atoms. The molecule has 2 N–H and O–H groups in total. The van der Waals surface area contributed by atoms with E-state index in [4.69, 9.17) is 15.2 Å². The molecule has 1 heterocycles. The second kappa shape index (κ2) is 7.85. The molecule has 0 saturated carbocycles. The van der Waals surface area contributed by atoms with Crippen molar-refractivity contribution in [3.8, 4) is 0 Å². The maximum absolute atomic E-state index is 12.5. The van der Waals surface area contributed by atoms with Crippen LogP contribution in [0.4, 0.5) is 5.82 Å². The number of nitrogen functional groups attached to an aromatic ring is 1. The van der Waals surface area contributed by atoms with Gasteiger partial charge in [-0.15, -0.1) is 5.10 Å². The number of aryl methyl sites for hydroxylation is 1. The third-order valence-corrected chi connectivity index (χ3v) is 3.33. The topological polar surface area (TPSA) is 92.3 Å². The summed E-state index contributed by atoms with van der Waals surface area (Å²) in [5.74, 6) is -0.0434. The van der Waals surface area contributed by atoms with Gasteiger partial charge >= 0.3 is 0 Å². The van der Waals surface area contributed by atoms with Gasteiger partial charge in [-0.1, -0.05) is 35.0 Å². The molecule has 0 bridgehead atoms. The van der Waals surface area contributed by atoms with Crippen LogP contribution < -0.4 is 5.73 Å². The van der Waals surface area contributed by atoms with Gasteiger partial charge in [0, 0.05) is 18.8 Å². The van der Waals surface area contributed by atoms with Crippen molar-refractivity contribution in [3.05, 3.63) is 41.1 Å². The smallest absolute Gasteiger partial charge is 0.217 e. The first-order chi connectivity index (χ1) is 11.1. The third kappa shape index (κ3) is 4.14. The minimum absolute atomic E-state index is 0.139. The highest BCUT2D eigenvalue weighted by Gasteiger charge is 2.21. The number of anilines is 1. The molecule has 0 atom stereocenters. The summed E-state index contributed by atoms with van der Waals surface area (Å²) < 4.78 is 12.3. The fourth-order valence-electron chi connectivity index (χ4n) is 2.13. The monoisotopic (exact) mass is 318 g/mol. The number of carbonyl (C=O) groups excluding carboxylic acids is 1. The van der Waals surface area contributed by atoms with E-state index in [9.17, 15) is 4.79 Å². The lowest BCUT2D eigenvalue weighted by Gasteiger charge is -2.16. The van der Waals surface area contributed by atoms with Gasteiger partial charge in [-0.2, -0.15) is 0 Å². The summed E-state index contributed by atoms with van der Waals surface area (Å²) in [7, 11) is 0. The number of ether oxygens (including phenoxy) is 2. The van der Waals surface area contributed by atoms with Gasteiger partial charge < -0.3 is 15.2 Å². The predicted octanol–water partition coefficient (Wildman–Crippen LogP) is 1.80. The van der Waals surface area contributed by atoms with E-state index in [1.54, 1.807) is 12.1 Å². The van der Waals surface area contributed by atoms with Crippen LogP contribution in [0.5, 0.6) is 0 Å². The van der Waals surface area contributed by atoms with Gasteiger partial charge in [-0.25, -0.2) is 4.68 Å². The molecule has 7 nitrogen and oxygen atoms in total. The Kier molecular flexibility index (Phi) is 5.84. The van der Waals surface area contributed by atoms with E-state index in [0.29, 0.717) is 18.8 Å². The largest absolute Gasteiger partial charge is 0.382 e. The molecule has 0 spiro atoms. The Morgan fingerprint density at radius 3 is 2.39 bits per heavy atom. The average molecular weight is 318 g/mol. The number of ketones is 1. The van der Waals surface area contributed by atoms with Crippen LogP contribution in [0.2, 0.25) is 0 Å². The van der Waals surface area contributed by atoms with Crippen molar-refractivity contribution < 1.29 is 14.3 Å². The quantitative estimate of drug-likeness (QED) is 0.589. The summed E-state index contributed by atoms with van der Waals surface area (Å²) >= 11 is 0. The molecule has 0 aliphatic carbocycles. The first-order valence-corrected chi connectivity index (χ1v) is 7.60. The summed E-state index contributed by atoms with van der Waals surface area (Å²) in [5.41, 5.74) is 7.76. The highest BCUT2D eigenvalue weighted by Crippen LogP contribution is 2.15. The van der Waals surface area contributed by atoms with Crippen molar-refractivity contribution in [3.63, 3.8) is 0 Å². The number of aromatic nitrogens is 3. The predicted molar refractivity (Wildman–Crippen MR) is 86.1 cm³/mol. The Morgan fingerprint density at radius 1 is 1.22 bits per heavy atom. The third-order valence-electron chi connectivity index (χ3n) is 3.33. The van der Waals surface area contributed by atoms with Gasteiger partial charge in [0.05, 0.1) is 6.54 Å². The minimum Gasteiger partial charge on any atom is -0.382 e. The Labute approximate surface area is 135 Å². The molecule has 0 amide bonds. The summed E-state index contributed by atoms with van der Waals surface area (Å²) in [5, 5.41) is 7.86. The second-order valence-corrected chi connectivity index (χ2v) is 5.04. The van der Waals surface area contributed by atoms with E-state index in [2.05, 4.69) is 10.3 Å². The molecule has 2 rings (SSSR count). The van der Waals surface area contributed by atoms with Crippen molar-refractivity contribution in [1.82, 2.24) is 15.0 Å². The zero-order chi connectivity index (χ0) is 16.8. The maximum Gasteiger partial charge on any atom is 0.217 e. The Balaban J connectivity index is 2.17. The number of hydrogen-bond acceptors (Lipinski definition) is 6. The number of benzene rings is 1. The van der Waals surface area contributed by atoms with Gasteiger partial charge in [0.15, 0.2) is 17.8 Å². The van der Waals surface area contributed by atoms with Gasteiger partial charge in [0.2, 0.25) is 5.78 Å². The fourth-order valence-corrected chi connectivity index (χ4v) is 2.13. The fraction of sp³-hybridized carbons (Fsp3) is 0.438. The Hall–Kier alpha value is -2.25. The van der Waals surface area contributed by atoms with Crippen LogP contribution in [-0.2, 0) is 16.0 Å². The molecule has 0 aliphatic heterocycles. The summed E-state index contributed by atoms with van der Waals surface area (Å²) in [6.07, 6.45) is -0.476. The van der Waals surface area contributed by atoms with Crippen LogP contribution in [0.3, 0.4) is 0 Å². The van der Waals surface area contributed by atoms with Crippen LogP contribution >= 0.6 is 0 Å². The Bertz CT molecular complexity index is 646. The first-order valence-electron chi connectivity index (χ1n) is 7.60. The van der Waals surface area contributed by atoms with Crippen molar-refractivity contribution in [2.45, 2.75) is 33.6 Å². The van der Waals surface area contributed by atoms with Crippen LogP contribution in [0.15, 0.2) is 24.3 Å². The van der Waals surface area contributed by atoms with E-state index in [1.807, 2.05) is 32.9 Å². The molecule has 0 fully saturated rings. The molecule has 0 radical (unpaired) electrons. The molecule has 0 aliphatic rings. The number of nitrogens with two attached hydrogens (primary N) is 1. The van der Waals surface area contributed by atoms with Gasteiger partial charge in [-0.3, -0.25) is 4.79 Å². The Morgan fingerprint density at radius 2 is 1.83 bits per heavy atom. The van der Waals surface area contributed by atoms with Crippen molar-refractivity contribution in [2.75, 3.05) is 18.9 Å². The number of nitrogens with zero attached hydrogens (tertiary/aromatic N) is 3. The van der Waals surface area contributed by atoms with Gasteiger partial charge in [0.1, 0.15) is 0 Å². The molecule has 7 heteroatoms. The van der Waals surface area contributed by atoms with Crippen molar-refractivity contribution >= 4 is 11.6 Å². The van der Waals surface area contributed by atoms with E-state index < -0.39 is 6.29 Å². The van der Waals surface area contributed by atoms with Crippen LogP contribution in [0.1, 0.15) is 35.5 Å². The van der Waals surface area contributed by atoms with Crippen LogP contribution in [0.25, 0.3) is 0 Å². The van der Waals surface area contributed by atoms with E-state index in [-0.39, 0.29) is 23.8 Å². The van der Waals surface area contributed by atoms with E-state index in [0.717, 1.165) is 5.56 Å². The lowest BCUT2D eigenvalue weighted by atomic mass is 10.1. The molecule has 0 unspecified atom stereocenters. The molecule has 2 aromatic rings. The zero-order valence-corrected chi connectivity index (χ0v) is 13.7. The zero-order valence-electron chi connectivity index (χ0n) is 13.7. The lowest BCUT2D eigenvalue weighted by molar-refractivity contribution is -0.144. The summed E-state index contributed by atoms with van der Waals surface area (Å²) in [4.78, 5) is 12.5. The number of rotatable bonds is 8. The summed E-state index contributed by atoms with van der Waals surface area (Å²) in [6, 6.07) is 7.24. The van der Waals surface area contributed by atoms with Crippen molar-refractivity contribution in [2.24, 2.45) is 0 Å². The van der Waals surface area contributed by atoms with Crippen molar-refractivity contribution in [1.29, 1.82) is 0 Å². The van der Waals surface area contributed by atoms with E-state index >= 15 is 0 Å². The molecule has 1 aromatic carbocycles. The molecular formula is C16H22N4O3. The highest BCUT2D eigenvalue weighted by molar-refractivity contribution is 6.10. The number of carbonyl (C=O) groups is 1. The maximum atomic E-state index is 12.5. The molecule has 0 saturated heterocycles. The normalized spacial score (nSPS) is 11.1. The SMILES string of the molecule is CCOC(Cn1nnc(C(=O)c2ccc(C)cc2)c1N)OCC. The van der Waals surface area contributed by atoms with E-state index in [1.165, 1.54) is 4.68 Å². The average Bonchev–Trinajstić information content (AvgIpc) is 2.89. The highest BCUT2D eigenvalue weighted by atomic mass is 16.7. The summed E-state index contributed by atoms with van der Waals surface area (Å²) in [6.45, 7) is 7.01. The lowest BCUT2D eigenvalue weighted by Crippen LogP contribution is -2.25. The van der Waals surface area contributed by atoms with Crippen LogP contribution in [0, 0.1) is 6.92 Å². The van der Waals surface area contributed by atoms with Crippen LogP contribution in [-0.4, -0.2) is 40.3 Å². The number of hydrogen-bond donors (Lipinski definition) is 1. The van der Waals surface area contributed by atoms with Gasteiger partial charge in [-0.05, 0) is 20.8 Å². The van der Waals surface area contributed by atoms with Gasteiger partial charge in [0.25, 0.3) is 0 Å². The molecule has 124 valence electrons. The molecular weight excluding hydrogens is 296 g/mol. The standard InChI is InChI=1S/C16H22N4O3/c1-4-22-13(23-5-2)10-20-16(17)14(18-19-20)15(21)12-8-6-11(3)7-9-12/h6-9,13H,4-5,10,17H2,1-3H3. The first kappa shape index (κ1) is 17.1. The minimum atomic E-state index is -0.476. The molecule has 1 aromatic heterocycles.